The van der Waals surface area contributed by atoms with E-state index in [0.29, 0.717) is 6.67 Å². The van der Waals surface area contributed by atoms with E-state index in [4.69, 9.17) is 4.74 Å². The number of hydrogen-bond acceptors (Lipinski definition) is 5. The van der Waals surface area contributed by atoms with Crippen LogP contribution in [-0.4, -0.2) is 11.2 Å². The Labute approximate surface area is 398 Å². The molecule has 1 aromatic heterocycles. The van der Waals surface area contributed by atoms with Crippen LogP contribution in [0.4, 0.5) is 28.4 Å². The first-order chi connectivity index (χ1) is 33.4. The molecular weight excluding hydrogens is 831 g/mol. The average Bonchev–Trinajstić information content (AvgIpc) is 4.11. The number of nitrogens with zero attached hydrogens (tertiary/aromatic N) is 4. The van der Waals surface area contributed by atoms with Gasteiger partial charge in [0, 0.05) is 57.7 Å². The zero-order valence-electron chi connectivity index (χ0n) is 38.4. The van der Waals surface area contributed by atoms with Gasteiger partial charge >= 0.3 is 0 Å². The molecule has 2 aliphatic heterocycles. The largest absolute Gasteiger partial charge is 0.457 e. The summed E-state index contributed by atoms with van der Waals surface area (Å²) >= 11 is 0. The second-order valence-corrected chi connectivity index (χ2v) is 18.7. The van der Waals surface area contributed by atoms with Crippen molar-refractivity contribution in [2.75, 3.05) is 21.4 Å². The Morgan fingerprint density at radius 1 is 0.471 bits per heavy atom. The first kappa shape index (κ1) is 41.0. The molecule has 0 bridgehead atoms. The van der Waals surface area contributed by atoms with E-state index in [0.717, 1.165) is 67.2 Å². The highest BCUT2D eigenvalue weighted by Gasteiger charge is 2.32. The maximum Gasteiger partial charge on any atom is 0.186 e. The topological polar surface area (TPSA) is 35.9 Å². The van der Waals surface area contributed by atoms with Gasteiger partial charge in [0.1, 0.15) is 18.2 Å². The summed E-state index contributed by atoms with van der Waals surface area (Å²) in [4.78, 5) is 7.24. The summed E-state index contributed by atoms with van der Waals surface area (Å²) in [6, 6.07) is 78.1. The van der Waals surface area contributed by atoms with E-state index in [1.807, 2.05) is 0 Å². The second-order valence-electron chi connectivity index (χ2n) is 18.7. The molecule has 6 heteroatoms. The lowest BCUT2D eigenvalue weighted by Gasteiger charge is -2.32. The predicted octanol–water partition coefficient (Wildman–Crippen LogP) is 16.2. The summed E-state index contributed by atoms with van der Waals surface area (Å²) in [5.74, 6) is 1.53. The Bertz CT molecular complexity index is 3440. The smallest absolute Gasteiger partial charge is 0.186 e. The Kier molecular flexibility index (Phi) is 10.1. The number of anilines is 5. The van der Waals surface area contributed by atoms with Crippen LogP contribution in [0.3, 0.4) is 0 Å². The molecule has 68 heavy (non-hydrogen) atoms. The van der Waals surface area contributed by atoms with Gasteiger partial charge in [-0.1, -0.05) is 178 Å². The van der Waals surface area contributed by atoms with Gasteiger partial charge in [-0.25, -0.2) is 0 Å². The van der Waals surface area contributed by atoms with Crippen molar-refractivity contribution in [3.05, 3.63) is 236 Å². The molecule has 2 aliphatic rings. The van der Waals surface area contributed by atoms with Gasteiger partial charge in [0.2, 0.25) is 0 Å². The molecule has 0 saturated heterocycles. The summed E-state index contributed by atoms with van der Waals surface area (Å²) < 4.78 is 9.31. The molecule has 12 rings (SSSR count). The van der Waals surface area contributed by atoms with Crippen LogP contribution in [0.2, 0.25) is 0 Å². The van der Waals surface area contributed by atoms with Crippen LogP contribution in [0, 0.1) is 0 Å². The SMILES string of the molecule is CC(C)(C)c1ccc(-c2ccccc2)c(N2CN(c3cccc(Oc4ccc5c6ccccc6n(C6NC=CN6c6c(-c7ccccc7)cccc6-c6ccccc6)c5c4)c3)c3ccccc32)c1. The van der Waals surface area contributed by atoms with Crippen LogP contribution in [0.15, 0.2) is 231 Å². The zero-order valence-corrected chi connectivity index (χ0v) is 38.4. The first-order valence-corrected chi connectivity index (χ1v) is 23.5. The first-order valence-electron chi connectivity index (χ1n) is 23.5. The van der Waals surface area contributed by atoms with E-state index < -0.39 is 0 Å². The maximum atomic E-state index is 6.89. The van der Waals surface area contributed by atoms with Crippen LogP contribution in [0.1, 0.15) is 32.6 Å². The quantitative estimate of drug-likeness (QED) is 0.156. The third-order valence-corrected chi connectivity index (χ3v) is 13.5. The van der Waals surface area contributed by atoms with Gasteiger partial charge in [-0.15, -0.1) is 0 Å². The van der Waals surface area contributed by atoms with E-state index in [-0.39, 0.29) is 11.7 Å². The number of ether oxygens (including phenoxy) is 1. The van der Waals surface area contributed by atoms with E-state index >= 15 is 0 Å². The lowest BCUT2D eigenvalue weighted by Crippen LogP contribution is -2.32. The summed E-state index contributed by atoms with van der Waals surface area (Å²) in [6.45, 7) is 7.51. The summed E-state index contributed by atoms with van der Waals surface area (Å²) in [7, 11) is 0. The Morgan fingerprint density at radius 3 is 1.75 bits per heavy atom. The normalized spacial score (nSPS) is 14.5. The summed E-state index contributed by atoms with van der Waals surface area (Å²) in [6.07, 6.45) is 3.97. The molecule has 0 amide bonds. The monoisotopic (exact) mass is 881 g/mol. The fraction of sp³-hybridized carbons (Fsp3) is 0.0968. The van der Waals surface area contributed by atoms with Crippen molar-refractivity contribution in [3.8, 4) is 44.9 Å². The number of hydrogen-bond donors (Lipinski definition) is 1. The van der Waals surface area contributed by atoms with Crippen molar-refractivity contribution < 1.29 is 4.74 Å². The molecule has 0 fully saturated rings. The third-order valence-electron chi connectivity index (χ3n) is 13.5. The van der Waals surface area contributed by atoms with Crippen LogP contribution >= 0.6 is 0 Å². The maximum absolute atomic E-state index is 6.89. The van der Waals surface area contributed by atoms with Crippen LogP contribution < -0.4 is 24.8 Å². The van der Waals surface area contributed by atoms with Crippen molar-refractivity contribution >= 4 is 50.2 Å². The minimum Gasteiger partial charge on any atom is -0.457 e. The number of para-hydroxylation sites is 4. The standard InChI is InChI=1S/C62H51N5O/c1-62(2,3)46-33-35-50(43-19-7-4-8-20-43)58(39-46)66-42-65(56-31-15-16-32-57(56)66)47-25-17-26-48(40-47)68-49-34-36-54-53-27-13-14-30-55(53)67(59(54)41-49)61-63-37-38-64(61)60-51(44-21-9-5-10-22-44)28-18-29-52(60)45-23-11-6-12-24-45/h4-41,61,63H,42H2,1-3H3. The van der Waals surface area contributed by atoms with Crippen molar-refractivity contribution in [1.82, 2.24) is 9.88 Å². The van der Waals surface area contributed by atoms with Gasteiger partial charge in [-0.2, -0.15) is 0 Å². The molecule has 1 N–H and O–H groups in total. The number of nitrogens with one attached hydrogen (secondary N) is 1. The van der Waals surface area contributed by atoms with Crippen LogP contribution in [0.25, 0.3) is 55.2 Å². The van der Waals surface area contributed by atoms with Gasteiger partial charge in [0.25, 0.3) is 0 Å². The fourth-order valence-electron chi connectivity index (χ4n) is 10.2. The van der Waals surface area contributed by atoms with E-state index in [1.165, 1.54) is 33.5 Å². The summed E-state index contributed by atoms with van der Waals surface area (Å²) in [5, 5.41) is 6.11. The van der Waals surface area contributed by atoms with E-state index in [9.17, 15) is 0 Å². The molecule has 0 saturated carbocycles. The third kappa shape index (κ3) is 7.22. The molecule has 3 heterocycles. The molecule has 10 aromatic rings. The van der Waals surface area contributed by atoms with Gasteiger partial charge in [0.05, 0.1) is 33.8 Å². The highest BCUT2D eigenvalue weighted by atomic mass is 16.5. The van der Waals surface area contributed by atoms with Crippen molar-refractivity contribution in [2.45, 2.75) is 32.5 Å². The molecule has 6 nitrogen and oxygen atoms in total. The van der Waals surface area contributed by atoms with Gasteiger partial charge in [-0.3, -0.25) is 0 Å². The lowest BCUT2D eigenvalue weighted by atomic mass is 9.85. The minimum atomic E-state index is -0.270. The van der Waals surface area contributed by atoms with Gasteiger partial charge in [-0.05, 0) is 76.2 Å². The highest BCUT2D eigenvalue weighted by Crippen LogP contribution is 2.49. The zero-order chi connectivity index (χ0) is 45.8. The molecule has 0 radical (unpaired) electrons. The molecule has 0 aliphatic carbocycles. The van der Waals surface area contributed by atoms with Gasteiger partial charge < -0.3 is 29.3 Å². The Morgan fingerprint density at radius 2 is 1.06 bits per heavy atom. The molecule has 9 aromatic carbocycles. The minimum absolute atomic E-state index is 0.00444. The molecular formula is C62H51N5O. The second kappa shape index (κ2) is 16.7. The number of fused-ring (bicyclic) bond motifs is 4. The number of aromatic nitrogens is 1. The van der Waals surface area contributed by atoms with E-state index in [2.05, 4.69) is 276 Å². The number of rotatable bonds is 9. The number of benzene rings is 9. The summed E-state index contributed by atoms with van der Waals surface area (Å²) in [5.41, 5.74) is 16.3. The van der Waals surface area contributed by atoms with E-state index in [1.54, 1.807) is 0 Å². The Balaban J connectivity index is 0.915. The molecule has 330 valence electrons. The van der Waals surface area contributed by atoms with Crippen molar-refractivity contribution in [1.29, 1.82) is 0 Å². The van der Waals surface area contributed by atoms with Crippen LogP contribution in [0.5, 0.6) is 11.5 Å². The Hall–Kier alpha value is -8.48. The average molecular weight is 882 g/mol. The van der Waals surface area contributed by atoms with Crippen molar-refractivity contribution in [2.24, 2.45) is 0 Å². The fourth-order valence-corrected chi connectivity index (χ4v) is 10.2. The van der Waals surface area contributed by atoms with Crippen LogP contribution in [-0.2, 0) is 5.41 Å². The van der Waals surface area contributed by atoms with Crippen molar-refractivity contribution in [3.63, 3.8) is 0 Å². The highest BCUT2D eigenvalue weighted by molar-refractivity contribution is 6.09. The van der Waals surface area contributed by atoms with Gasteiger partial charge in [0.15, 0.2) is 6.29 Å². The lowest BCUT2D eigenvalue weighted by molar-refractivity contribution is 0.481. The molecule has 0 spiro atoms. The molecule has 1 atom stereocenters. The predicted molar refractivity (Wildman–Crippen MR) is 283 cm³/mol. The molecule has 1 unspecified atom stereocenters.